The zero-order chi connectivity index (χ0) is 16.7. The summed E-state index contributed by atoms with van der Waals surface area (Å²) in [5.41, 5.74) is 2.89. The van der Waals surface area contributed by atoms with Crippen molar-refractivity contribution in [2.45, 2.75) is 11.5 Å². The summed E-state index contributed by atoms with van der Waals surface area (Å²) in [6, 6.07) is 10.9. The van der Waals surface area contributed by atoms with Crippen LogP contribution in [0.25, 0.3) is 5.69 Å². The van der Waals surface area contributed by atoms with E-state index in [0.29, 0.717) is 20.1 Å². The molecule has 0 radical (unpaired) electrons. The van der Waals surface area contributed by atoms with Crippen LogP contribution in [-0.4, -0.2) is 15.7 Å². The van der Waals surface area contributed by atoms with Gasteiger partial charge in [0.05, 0.1) is 20.6 Å². The largest absolute Gasteiger partial charge is 0.305 e. The first-order valence-corrected chi connectivity index (χ1v) is 9.85. The third-order valence-electron chi connectivity index (χ3n) is 3.63. The molecule has 0 spiro atoms. The molecular weight excluding hydrogens is 385 g/mol. The van der Waals surface area contributed by atoms with Gasteiger partial charge in [-0.1, -0.05) is 29.3 Å². The zero-order valence-corrected chi connectivity index (χ0v) is 15.4. The first kappa shape index (κ1) is 16.0. The molecule has 2 aromatic heterocycles. The Morgan fingerprint density at radius 3 is 2.83 bits per heavy atom. The predicted octanol–water partition coefficient (Wildman–Crippen LogP) is 5.24. The van der Waals surface area contributed by atoms with Gasteiger partial charge < -0.3 is 5.32 Å². The second-order valence-electron chi connectivity index (χ2n) is 5.22. The van der Waals surface area contributed by atoms with Gasteiger partial charge in [-0.05, 0) is 30.3 Å². The molecule has 1 aromatic carbocycles. The molecule has 1 aliphatic heterocycles. The molecule has 1 N–H and O–H groups in total. The van der Waals surface area contributed by atoms with Crippen LogP contribution in [0.5, 0.6) is 0 Å². The average molecular weight is 396 g/mol. The Bertz CT molecular complexity index is 935. The number of fused-ring (bicyclic) bond motifs is 1. The predicted molar refractivity (Wildman–Crippen MR) is 101 cm³/mol. The number of nitrogens with one attached hydrogen (secondary N) is 1. The lowest BCUT2D eigenvalue weighted by Crippen LogP contribution is -2.15. The molecule has 1 amide bonds. The van der Waals surface area contributed by atoms with Gasteiger partial charge in [-0.2, -0.15) is 16.9 Å². The van der Waals surface area contributed by atoms with Gasteiger partial charge in [0.1, 0.15) is 5.82 Å². The van der Waals surface area contributed by atoms with Gasteiger partial charge in [0.25, 0.3) is 5.91 Å². The van der Waals surface area contributed by atoms with Gasteiger partial charge in [0.15, 0.2) is 0 Å². The summed E-state index contributed by atoms with van der Waals surface area (Å²) < 4.78 is 2.34. The first-order chi connectivity index (χ1) is 11.6. The van der Waals surface area contributed by atoms with Crippen molar-refractivity contribution < 1.29 is 4.79 Å². The van der Waals surface area contributed by atoms with Crippen molar-refractivity contribution in [2.75, 3.05) is 5.32 Å². The number of carbonyl (C=O) groups is 1. The minimum absolute atomic E-state index is 0.185. The highest BCUT2D eigenvalue weighted by Gasteiger charge is 2.25. The number of aromatic nitrogens is 2. The van der Waals surface area contributed by atoms with Gasteiger partial charge in [-0.25, -0.2) is 4.68 Å². The quantitative estimate of drug-likeness (QED) is 0.659. The second kappa shape index (κ2) is 6.44. The standard InChI is InChI=1S/C16H11Cl2N3OS2/c17-9-2-1-3-10(6-9)21-15(11-7-23-8-12(11)20-21)19-16(22)13-4-5-14(18)24-13/h1-6H,7-8H2,(H,19,22). The van der Waals surface area contributed by atoms with E-state index >= 15 is 0 Å². The van der Waals surface area contributed by atoms with E-state index in [0.717, 1.165) is 28.5 Å². The van der Waals surface area contributed by atoms with Crippen molar-refractivity contribution >= 4 is 58.0 Å². The summed E-state index contributed by atoms with van der Waals surface area (Å²) in [6.45, 7) is 0. The maximum Gasteiger partial charge on any atom is 0.266 e. The molecule has 8 heteroatoms. The van der Waals surface area contributed by atoms with E-state index in [9.17, 15) is 4.79 Å². The Balaban J connectivity index is 1.75. The number of anilines is 1. The second-order valence-corrected chi connectivity index (χ2v) is 8.35. The molecule has 3 heterocycles. The zero-order valence-electron chi connectivity index (χ0n) is 12.3. The lowest BCUT2D eigenvalue weighted by Gasteiger charge is -2.10. The van der Waals surface area contributed by atoms with Crippen LogP contribution < -0.4 is 5.32 Å². The fourth-order valence-electron chi connectivity index (χ4n) is 2.54. The lowest BCUT2D eigenvalue weighted by molar-refractivity contribution is 0.102. The van der Waals surface area contributed by atoms with Crippen LogP contribution in [0.2, 0.25) is 9.36 Å². The van der Waals surface area contributed by atoms with Gasteiger partial charge in [-0.3, -0.25) is 4.79 Å². The van der Waals surface area contributed by atoms with Crippen molar-refractivity contribution in [3.8, 4) is 5.69 Å². The highest BCUT2D eigenvalue weighted by atomic mass is 35.5. The van der Waals surface area contributed by atoms with Crippen molar-refractivity contribution in [2.24, 2.45) is 0 Å². The summed E-state index contributed by atoms with van der Waals surface area (Å²) in [4.78, 5) is 13.1. The summed E-state index contributed by atoms with van der Waals surface area (Å²) in [6.07, 6.45) is 0. The van der Waals surface area contributed by atoms with E-state index in [-0.39, 0.29) is 5.91 Å². The minimum Gasteiger partial charge on any atom is -0.305 e. The number of carbonyl (C=O) groups excluding carboxylic acids is 1. The van der Waals surface area contributed by atoms with E-state index in [1.165, 1.54) is 11.3 Å². The molecule has 0 fully saturated rings. The number of halogens is 2. The molecule has 0 bridgehead atoms. The summed E-state index contributed by atoms with van der Waals surface area (Å²) in [5, 5.41) is 8.27. The van der Waals surface area contributed by atoms with E-state index < -0.39 is 0 Å². The number of amides is 1. The van der Waals surface area contributed by atoms with Crippen LogP contribution >= 0.6 is 46.3 Å². The smallest absolute Gasteiger partial charge is 0.266 e. The fraction of sp³-hybridized carbons (Fsp3) is 0.125. The van der Waals surface area contributed by atoms with E-state index in [1.807, 2.05) is 24.3 Å². The summed E-state index contributed by atoms with van der Waals surface area (Å²) in [7, 11) is 0. The monoisotopic (exact) mass is 395 g/mol. The Kier molecular flexibility index (Phi) is 4.30. The van der Waals surface area contributed by atoms with Gasteiger partial charge in [0, 0.05) is 22.1 Å². The average Bonchev–Trinajstić information content (AvgIpc) is 3.24. The Morgan fingerprint density at radius 1 is 1.21 bits per heavy atom. The van der Waals surface area contributed by atoms with Crippen molar-refractivity contribution in [1.82, 2.24) is 9.78 Å². The van der Waals surface area contributed by atoms with Crippen LogP contribution in [0.1, 0.15) is 20.9 Å². The van der Waals surface area contributed by atoms with Crippen molar-refractivity contribution in [1.29, 1.82) is 0 Å². The number of rotatable bonds is 3. The Morgan fingerprint density at radius 2 is 2.08 bits per heavy atom. The third-order valence-corrected chi connectivity index (χ3v) is 6.07. The van der Waals surface area contributed by atoms with E-state index in [4.69, 9.17) is 23.2 Å². The topological polar surface area (TPSA) is 46.9 Å². The number of benzene rings is 1. The van der Waals surface area contributed by atoms with Crippen LogP contribution in [0.15, 0.2) is 36.4 Å². The molecule has 0 saturated carbocycles. The van der Waals surface area contributed by atoms with E-state index in [2.05, 4.69) is 10.4 Å². The number of thioether (sulfide) groups is 1. The lowest BCUT2D eigenvalue weighted by atomic mass is 10.2. The highest BCUT2D eigenvalue weighted by Crippen LogP contribution is 2.36. The number of hydrogen-bond acceptors (Lipinski definition) is 4. The van der Waals surface area contributed by atoms with Crippen molar-refractivity contribution in [3.05, 3.63) is 61.9 Å². The molecule has 0 atom stereocenters. The maximum atomic E-state index is 12.5. The van der Waals surface area contributed by atoms with Crippen LogP contribution in [0.3, 0.4) is 0 Å². The molecule has 0 unspecified atom stereocenters. The molecule has 1 aliphatic rings. The molecule has 4 rings (SSSR count). The Labute approximate surface area is 156 Å². The molecule has 0 saturated heterocycles. The molecule has 24 heavy (non-hydrogen) atoms. The molecule has 0 aliphatic carbocycles. The summed E-state index contributed by atoms with van der Waals surface area (Å²) >= 11 is 15.1. The fourth-order valence-corrected chi connectivity index (χ4v) is 4.70. The number of hydrogen-bond donors (Lipinski definition) is 1. The number of nitrogens with zero attached hydrogens (tertiary/aromatic N) is 2. The highest BCUT2D eigenvalue weighted by molar-refractivity contribution is 7.98. The Hall–Kier alpha value is -1.47. The van der Waals surface area contributed by atoms with Gasteiger partial charge in [-0.15, -0.1) is 11.3 Å². The minimum atomic E-state index is -0.185. The van der Waals surface area contributed by atoms with Gasteiger partial charge >= 0.3 is 0 Å². The third kappa shape index (κ3) is 2.95. The molecule has 122 valence electrons. The first-order valence-electron chi connectivity index (χ1n) is 7.13. The van der Waals surface area contributed by atoms with Crippen molar-refractivity contribution in [3.63, 3.8) is 0 Å². The SMILES string of the molecule is O=C(Nc1c2c(nn1-c1cccc(Cl)c1)CSC2)c1ccc(Cl)s1. The van der Waals surface area contributed by atoms with Gasteiger partial charge in [0.2, 0.25) is 0 Å². The van der Waals surface area contributed by atoms with Crippen LogP contribution in [-0.2, 0) is 11.5 Å². The number of thiophene rings is 1. The van der Waals surface area contributed by atoms with E-state index in [1.54, 1.807) is 28.6 Å². The normalized spacial score (nSPS) is 13.1. The molecule has 3 aromatic rings. The summed E-state index contributed by atoms with van der Waals surface area (Å²) in [5.74, 6) is 2.19. The molecule has 4 nitrogen and oxygen atoms in total. The van der Waals surface area contributed by atoms with Crippen LogP contribution in [0.4, 0.5) is 5.82 Å². The molecular formula is C16H11Cl2N3OS2. The maximum absolute atomic E-state index is 12.5. The van der Waals surface area contributed by atoms with Crippen LogP contribution in [0, 0.1) is 0 Å².